The lowest BCUT2D eigenvalue weighted by Crippen LogP contribution is -2.43. The van der Waals surface area contributed by atoms with Gasteiger partial charge in [-0.15, -0.1) is 0 Å². The van der Waals surface area contributed by atoms with Gasteiger partial charge in [-0.3, -0.25) is 4.79 Å². The lowest BCUT2D eigenvalue weighted by Gasteiger charge is -2.34. The molecule has 0 fully saturated rings. The van der Waals surface area contributed by atoms with Crippen LogP contribution >= 0.6 is 0 Å². The van der Waals surface area contributed by atoms with E-state index in [1.165, 1.54) is 35.4 Å². The van der Waals surface area contributed by atoms with E-state index in [0.29, 0.717) is 18.6 Å². The smallest absolute Gasteiger partial charge is 0.303 e. The van der Waals surface area contributed by atoms with Crippen molar-refractivity contribution in [2.45, 2.75) is 43.3 Å². The first-order valence-corrected chi connectivity index (χ1v) is 12.6. The monoisotopic (exact) mass is 494 g/mol. The van der Waals surface area contributed by atoms with Crippen LogP contribution in [0.1, 0.15) is 30.4 Å². The van der Waals surface area contributed by atoms with Crippen LogP contribution < -0.4 is 0 Å². The molecular weight excluding hydrogens is 468 g/mol. The maximum absolute atomic E-state index is 14.0. The summed E-state index contributed by atoms with van der Waals surface area (Å²) in [5.74, 6) is -0.544. The summed E-state index contributed by atoms with van der Waals surface area (Å²) in [7, 11) is -4.07. The van der Waals surface area contributed by atoms with Gasteiger partial charge in [-0.25, -0.2) is 13.4 Å². The van der Waals surface area contributed by atoms with Crippen LogP contribution in [0.4, 0.5) is 0 Å². The number of pyridine rings is 1. The topological polar surface area (TPSA) is 106 Å². The number of aromatic nitrogens is 1. The van der Waals surface area contributed by atoms with Gasteiger partial charge in [0.15, 0.2) is 10.8 Å². The number of allylic oxidation sites excluding steroid dienone is 3. The van der Waals surface area contributed by atoms with Crippen molar-refractivity contribution in [3.8, 4) is 0 Å². The van der Waals surface area contributed by atoms with E-state index >= 15 is 0 Å². The Bertz CT molecular complexity index is 1280. The molecule has 0 saturated carbocycles. The number of carboxylic acids is 1. The van der Waals surface area contributed by atoms with E-state index in [1.807, 2.05) is 36.4 Å². The summed E-state index contributed by atoms with van der Waals surface area (Å²) >= 11 is 0. The molecule has 1 unspecified atom stereocenters. The molecule has 2 aromatic rings. The molecule has 8 nitrogen and oxygen atoms in total. The van der Waals surface area contributed by atoms with Gasteiger partial charge in [0.05, 0.1) is 0 Å². The van der Waals surface area contributed by atoms with Crippen molar-refractivity contribution in [1.29, 1.82) is 0 Å². The number of hydrogen-bond donors (Lipinski definition) is 1. The van der Waals surface area contributed by atoms with Crippen molar-refractivity contribution in [2.24, 2.45) is 0 Å². The first-order valence-electron chi connectivity index (χ1n) is 11.2. The number of hydrogen-bond acceptors (Lipinski definition) is 6. The summed E-state index contributed by atoms with van der Waals surface area (Å²) in [6.45, 7) is 0.0238. The van der Waals surface area contributed by atoms with Gasteiger partial charge >= 0.3 is 5.97 Å². The highest BCUT2D eigenvalue weighted by Gasteiger charge is 2.38. The van der Waals surface area contributed by atoms with Gasteiger partial charge in [0, 0.05) is 19.2 Å². The molecule has 1 aliphatic carbocycles. The molecule has 9 heteroatoms. The van der Waals surface area contributed by atoms with Gasteiger partial charge in [-0.2, -0.15) is 4.31 Å². The van der Waals surface area contributed by atoms with Crippen LogP contribution in [0, 0.1) is 0 Å². The average molecular weight is 495 g/mol. The fraction of sp³-hybridized carbons (Fsp3) is 0.231. The van der Waals surface area contributed by atoms with Crippen LogP contribution in [-0.4, -0.2) is 34.8 Å². The van der Waals surface area contributed by atoms with E-state index < -0.39 is 22.0 Å². The summed E-state index contributed by atoms with van der Waals surface area (Å²) in [6.07, 6.45) is 13.2. The Kier molecular flexibility index (Phi) is 7.79. The quantitative estimate of drug-likeness (QED) is 0.525. The fourth-order valence-electron chi connectivity index (χ4n) is 4.01. The largest absolute Gasteiger partial charge is 0.481 e. The molecule has 1 aromatic carbocycles. The predicted molar refractivity (Wildman–Crippen MR) is 129 cm³/mol. The Hall–Kier alpha value is -3.69. The Morgan fingerprint density at radius 1 is 1.14 bits per heavy atom. The summed E-state index contributed by atoms with van der Waals surface area (Å²) in [4.78, 5) is 15.1. The first kappa shape index (κ1) is 24.4. The lowest BCUT2D eigenvalue weighted by atomic mass is 9.96. The second-order valence-corrected chi connectivity index (χ2v) is 9.93. The molecule has 1 N–H and O–H groups in total. The van der Waals surface area contributed by atoms with Crippen LogP contribution in [0.25, 0.3) is 0 Å². The van der Waals surface area contributed by atoms with Crippen LogP contribution in [0.5, 0.6) is 0 Å². The lowest BCUT2D eigenvalue weighted by molar-refractivity contribution is -0.136. The minimum absolute atomic E-state index is 0.00829. The second-order valence-electron chi connectivity index (χ2n) is 8.09. The molecule has 2 aliphatic rings. The minimum atomic E-state index is -4.07. The molecule has 182 valence electrons. The SMILES string of the molecule is O=C(O)CCc1cccc(CN(C(C2=CC=CCC2)C2=COC=CO2)S(=O)(=O)c2ccccn2)c1. The zero-order valence-electron chi connectivity index (χ0n) is 19.0. The molecule has 0 spiro atoms. The van der Waals surface area contributed by atoms with Crippen molar-refractivity contribution in [3.05, 3.63) is 108 Å². The summed E-state index contributed by atoms with van der Waals surface area (Å²) in [5.41, 5.74) is 2.40. The molecule has 4 rings (SSSR count). The highest BCUT2D eigenvalue weighted by Crippen LogP contribution is 2.33. The molecule has 2 heterocycles. The third-order valence-electron chi connectivity index (χ3n) is 5.65. The van der Waals surface area contributed by atoms with Crippen molar-refractivity contribution in [1.82, 2.24) is 9.29 Å². The van der Waals surface area contributed by atoms with Crippen LogP contribution in [0.2, 0.25) is 0 Å². The van der Waals surface area contributed by atoms with Gasteiger partial charge in [0.25, 0.3) is 10.0 Å². The average Bonchev–Trinajstić information content (AvgIpc) is 2.89. The highest BCUT2D eigenvalue weighted by atomic mass is 32.2. The van der Waals surface area contributed by atoms with Crippen LogP contribution in [0.3, 0.4) is 0 Å². The number of aryl methyl sites for hydroxylation is 1. The second kappa shape index (κ2) is 11.2. The number of benzene rings is 1. The first-order chi connectivity index (χ1) is 16.9. The number of rotatable bonds is 10. The number of carbonyl (C=O) groups is 1. The van der Waals surface area contributed by atoms with Crippen molar-refractivity contribution in [2.75, 3.05) is 0 Å². The van der Waals surface area contributed by atoms with Crippen LogP contribution in [-0.2, 0) is 37.3 Å². The summed E-state index contributed by atoms with van der Waals surface area (Å²) in [6, 6.07) is 11.3. The van der Waals surface area contributed by atoms with E-state index in [-0.39, 0.29) is 18.0 Å². The standard InChI is InChI=1S/C26H26N2O6S/c29-25(30)13-12-20-7-6-8-21(17-20)18-28(35(31,32)24-11-4-5-14-27-24)26(22-9-2-1-3-10-22)23-19-33-15-16-34-23/h1-2,4-9,11,14-17,19,26H,3,10,12-13,18H2,(H,29,30). The molecule has 1 aromatic heterocycles. The number of ether oxygens (including phenoxy) is 2. The fourth-order valence-corrected chi connectivity index (χ4v) is 5.53. The summed E-state index contributed by atoms with van der Waals surface area (Å²) in [5, 5.41) is 8.96. The molecular formula is C26H26N2O6S. The summed E-state index contributed by atoms with van der Waals surface area (Å²) < 4.78 is 40.4. The number of aliphatic carboxylic acids is 1. The zero-order valence-corrected chi connectivity index (χ0v) is 19.8. The molecule has 0 saturated heterocycles. The van der Waals surface area contributed by atoms with Crippen molar-refractivity contribution < 1.29 is 27.8 Å². The number of carboxylic acid groups (broad SMARTS) is 1. The Morgan fingerprint density at radius 3 is 2.69 bits per heavy atom. The van der Waals surface area contributed by atoms with Crippen molar-refractivity contribution >= 4 is 16.0 Å². The predicted octanol–water partition coefficient (Wildman–Crippen LogP) is 4.29. The maximum atomic E-state index is 14.0. The molecule has 1 atom stereocenters. The maximum Gasteiger partial charge on any atom is 0.303 e. The van der Waals surface area contributed by atoms with Gasteiger partial charge < -0.3 is 14.6 Å². The van der Waals surface area contributed by atoms with Gasteiger partial charge in [-0.1, -0.05) is 48.6 Å². The number of nitrogens with zero attached hydrogens (tertiary/aromatic N) is 2. The molecule has 0 radical (unpaired) electrons. The number of sulfonamides is 1. The third kappa shape index (κ3) is 6.06. The Morgan fingerprint density at radius 2 is 2.00 bits per heavy atom. The van der Waals surface area contributed by atoms with E-state index in [0.717, 1.165) is 23.1 Å². The van der Waals surface area contributed by atoms with Crippen molar-refractivity contribution in [3.63, 3.8) is 0 Å². The minimum Gasteiger partial charge on any atom is -0.481 e. The normalized spacial score (nSPS) is 16.1. The van der Waals surface area contributed by atoms with Gasteiger partial charge in [0.1, 0.15) is 24.8 Å². The van der Waals surface area contributed by atoms with Gasteiger partial charge in [-0.05, 0) is 48.1 Å². The Labute approximate surface area is 204 Å². The zero-order chi connectivity index (χ0) is 24.7. The third-order valence-corrected chi connectivity index (χ3v) is 7.37. The molecule has 1 aliphatic heterocycles. The van der Waals surface area contributed by atoms with Crippen LogP contribution in [0.15, 0.2) is 102 Å². The molecule has 35 heavy (non-hydrogen) atoms. The Balaban J connectivity index is 1.78. The van der Waals surface area contributed by atoms with E-state index in [1.54, 1.807) is 18.2 Å². The van der Waals surface area contributed by atoms with E-state index in [2.05, 4.69) is 4.98 Å². The van der Waals surface area contributed by atoms with E-state index in [9.17, 15) is 13.2 Å². The van der Waals surface area contributed by atoms with Gasteiger partial charge in [0.2, 0.25) is 0 Å². The highest BCUT2D eigenvalue weighted by molar-refractivity contribution is 7.89. The van der Waals surface area contributed by atoms with E-state index in [4.69, 9.17) is 14.6 Å². The molecule has 0 bridgehead atoms. The molecule has 0 amide bonds.